The Kier molecular flexibility index (Phi) is 8.47. The minimum absolute atomic E-state index is 0.0244. The second-order valence-electron chi connectivity index (χ2n) is 7.02. The first kappa shape index (κ1) is 24.1. The molecule has 0 bridgehead atoms. The largest absolute Gasteiger partial charge is 0.468 e. The monoisotopic (exact) mass is 440 g/mol. The normalized spacial score (nSPS) is 11.1. The standard InChI is InChI=1S/C21H24N6O5/c1-12(2)18(19(29)23-11-17(28)31-4)26-21(30)27-20-24-13(3)9-16(25-20)32-15-7-5-14(10-22)6-8-15/h5-9,12,18H,11H2,1-4H3,(H,23,29)(H2,24,25,26,27,30)/t18-/m1/s1. The van der Waals surface area contributed by atoms with Crippen molar-refractivity contribution in [1.82, 2.24) is 20.6 Å². The summed E-state index contributed by atoms with van der Waals surface area (Å²) < 4.78 is 10.1. The number of nitrogens with one attached hydrogen (secondary N) is 3. The van der Waals surface area contributed by atoms with E-state index in [9.17, 15) is 14.4 Å². The van der Waals surface area contributed by atoms with E-state index in [2.05, 4.69) is 30.7 Å². The highest BCUT2D eigenvalue weighted by atomic mass is 16.5. The van der Waals surface area contributed by atoms with Gasteiger partial charge in [0.05, 0.1) is 18.7 Å². The summed E-state index contributed by atoms with van der Waals surface area (Å²) in [6, 6.07) is 8.45. The van der Waals surface area contributed by atoms with Gasteiger partial charge in [-0.3, -0.25) is 14.9 Å². The van der Waals surface area contributed by atoms with E-state index in [4.69, 9.17) is 10.00 Å². The number of esters is 1. The zero-order valence-electron chi connectivity index (χ0n) is 18.1. The van der Waals surface area contributed by atoms with E-state index in [1.807, 2.05) is 6.07 Å². The zero-order valence-corrected chi connectivity index (χ0v) is 18.1. The molecule has 0 spiro atoms. The molecule has 1 heterocycles. The molecular formula is C21H24N6O5. The van der Waals surface area contributed by atoms with Crippen molar-refractivity contribution in [3.05, 3.63) is 41.6 Å². The maximum Gasteiger partial charge on any atom is 0.325 e. The number of hydrogen-bond donors (Lipinski definition) is 3. The van der Waals surface area contributed by atoms with Crippen LogP contribution in [0.25, 0.3) is 0 Å². The van der Waals surface area contributed by atoms with Crippen LogP contribution in [0.5, 0.6) is 11.6 Å². The lowest BCUT2D eigenvalue weighted by Gasteiger charge is -2.21. The molecule has 1 atom stereocenters. The smallest absolute Gasteiger partial charge is 0.325 e. The van der Waals surface area contributed by atoms with Crippen LogP contribution in [0.4, 0.5) is 10.7 Å². The van der Waals surface area contributed by atoms with Crippen LogP contribution in [0.1, 0.15) is 25.1 Å². The first-order valence-corrected chi connectivity index (χ1v) is 9.67. The molecule has 0 aliphatic rings. The Labute approximate surface area is 185 Å². The van der Waals surface area contributed by atoms with E-state index in [1.54, 1.807) is 51.1 Å². The molecule has 3 amide bonds. The Morgan fingerprint density at radius 1 is 1.16 bits per heavy atom. The lowest BCUT2D eigenvalue weighted by molar-refractivity contribution is -0.141. The van der Waals surface area contributed by atoms with Gasteiger partial charge in [-0.1, -0.05) is 13.8 Å². The molecule has 0 radical (unpaired) electrons. The van der Waals surface area contributed by atoms with Crippen molar-refractivity contribution in [1.29, 1.82) is 5.26 Å². The first-order chi connectivity index (χ1) is 15.2. The molecule has 32 heavy (non-hydrogen) atoms. The predicted molar refractivity (Wildman–Crippen MR) is 114 cm³/mol. The van der Waals surface area contributed by atoms with Gasteiger partial charge in [0.2, 0.25) is 17.7 Å². The summed E-state index contributed by atoms with van der Waals surface area (Å²) in [6.07, 6.45) is 0. The van der Waals surface area contributed by atoms with Gasteiger partial charge in [0.15, 0.2) is 0 Å². The van der Waals surface area contributed by atoms with Crippen molar-refractivity contribution in [2.75, 3.05) is 19.0 Å². The van der Waals surface area contributed by atoms with Crippen molar-refractivity contribution in [3.8, 4) is 17.7 Å². The fraction of sp³-hybridized carbons (Fsp3) is 0.333. The Balaban J connectivity index is 2.05. The van der Waals surface area contributed by atoms with E-state index >= 15 is 0 Å². The highest BCUT2D eigenvalue weighted by Gasteiger charge is 2.25. The number of anilines is 1. The van der Waals surface area contributed by atoms with Crippen molar-refractivity contribution >= 4 is 23.9 Å². The highest BCUT2D eigenvalue weighted by Crippen LogP contribution is 2.21. The molecule has 1 aromatic heterocycles. The second kappa shape index (κ2) is 11.3. The van der Waals surface area contributed by atoms with Gasteiger partial charge >= 0.3 is 12.0 Å². The third-order valence-corrected chi connectivity index (χ3v) is 4.13. The van der Waals surface area contributed by atoms with Crippen molar-refractivity contribution in [2.45, 2.75) is 26.8 Å². The van der Waals surface area contributed by atoms with Gasteiger partial charge in [-0.05, 0) is 37.1 Å². The van der Waals surface area contributed by atoms with Gasteiger partial charge in [0.25, 0.3) is 0 Å². The van der Waals surface area contributed by atoms with Crippen molar-refractivity contribution in [2.24, 2.45) is 5.92 Å². The number of nitriles is 1. The maximum atomic E-state index is 12.4. The number of carbonyl (C=O) groups excluding carboxylic acids is 3. The predicted octanol–water partition coefficient (Wildman–Crippen LogP) is 1.88. The molecule has 2 rings (SSSR count). The first-order valence-electron chi connectivity index (χ1n) is 9.67. The van der Waals surface area contributed by atoms with Crippen LogP contribution in [-0.2, 0) is 14.3 Å². The van der Waals surface area contributed by atoms with Crippen molar-refractivity contribution in [3.63, 3.8) is 0 Å². The van der Waals surface area contributed by atoms with Gasteiger partial charge in [-0.25, -0.2) is 9.78 Å². The molecule has 168 valence electrons. The zero-order chi connectivity index (χ0) is 23.7. The Bertz CT molecular complexity index is 1020. The summed E-state index contributed by atoms with van der Waals surface area (Å²) in [5.41, 5.74) is 1.03. The topological polar surface area (TPSA) is 155 Å². The quantitative estimate of drug-likeness (QED) is 0.526. The highest BCUT2D eigenvalue weighted by molar-refractivity contribution is 5.93. The SMILES string of the molecule is COC(=O)CNC(=O)[C@H](NC(=O)Nc1nc(C)cc(Oc2ccc(C#N)cc2)n1)C(C)C. The lowest BCUT2D eigenvalue weighted by atomic mass is 10.0. The van der Waals surface area contributed by atoms with E-state index in [1.165, 1.54) is 7.11 Å². The summed E-state index contributed by atoms with van der Waals surface area (Å²) in [6.45, 7) is 4.89. The number of hydrogen-bond acceptors (Lipinski definition) is 8. The average molecular weight is 440 g/mol. The molecule has 2 aromatic rings. The van der Waals surface area contributed by atoms with Gasteiger partial charge < -0.3 is 20.1 Å². The molecule has 0 fully saturated rings. The number of rotatable bonds is 8. The van der Waals surface area contributed by atoms with Gasteiger partial charge in [0.1, 0.15) is 18.3 Å². The molecule has 0 aliphatic carbocycles. The lowest BCUT2D eigenvalue weighted by Crippen LogP contribution is -2.51. The summed E-state index contributed by atoms with van der Waals surface area (Å²) in [5, 5.41) is 16.3. The Morgan fingerprint density at radius 2 is 1.84 bits per heavy atom. The van der Waals surface area contributed by atoms with Crippen molar-refractivity contribution < 1.29 is 23.9 Å². The molecule has 1 aromatic carbocycles. The minimum Gasteiger partial charge on any atom is -0.468 e. The Hall–Kier alpha value is -4.20. The fourth-order valence-electron chi connectivity index (χ4n) is 2.52. The molecule has 11 heteroatoms. The Morgan fingerprint density at radius 3 is 2.44 bits per heavy atom. The van der Waals surface area contributed by atoms with Crippen LogP contribution < -0.4 is 20.7 Å². The van der Waals surface area contributed by atoms with E-state index in [-0.39, 0.29) is 24.3 Å². The van der Waals surface area contributed by atoms with Crippen LogP contribution in [0, 0.1) is 24.2 Å². The number of aromatic nitrogens is 2. The van der Waals surface area contributed by atoms with Gasteiger partial charge in [-0.15, -0.1) is 0 Å². The van der Waals surface area contributed by atoms with Gasteiger partial charge in [0, 0.05) is 11.8 Å². The van der Waals surface area contributed by atoms with Crippen LogP contribution in [0.2, 0.25) is 0 Å². The molecule has 0 saturated carbocycles. The number of benzene rings is 1. The average Bonchev–Trinajstić information content (AvgIpc) is 2.75. The number of urea groups is 1. The number of methoxy groups -OCH3 is 1. The minimum atomic E-state index is -0.904. The van der Waals surface area contributed by atoms with Crippen LogP contribution >= 0.6 is 0 Å². The molecule has 0 aliphatic heterocycles. The number of amides is 3. The summed E-state index contributed by atoms with van der Waals surface area (Å²) in [4.78, 5) is 44.3. The molecule has 11 nitrogen and oxygen atoms in total. The number of ether oxygens (including phenoxy) is 2. The fourth-order valence-corrected chi connectivity index (χ4v) is 2.52. The maximum absolute atomic E-state index is 12.4. The number of aryl methyl sites for hydroxylation is 1. The van der Waals surface area contributed by atoms with Crippen LogP contribution in [0.3, 0.4) is 0 Å². The third kappa shape index (κ3) is 7.24. The van der Waals surface area contributed by atoms with E-state index in [0.29, 0.717) is 17.0 Å². The van der Waals surface area contributed by atoms with Crippen LogP contribution in [-0.4, -0.2) is 47.6 Å². The molecular weight excluding hydrogens is 416 g/mol. The van der Waals surface area contributed by atoms with Crippen LogP contribution in [0.15, 0.2) is 30.3 Å². The summed E-state index contributed by atoms with van der Waals surface area (Å²) in [5.74, 6) is -0.770. The molecule has 0 unspecified atom stereocenters. The van der Waals surface area contributed by atoms with E-state index in [0.717, 1.165) is 0 Å². The van der Waals surface area contributed by atoms with E-state index < -0.39 is 23.9 Å². The summed E-state index contributed by atoms with van der Waals surface area (Å²) >= 11 is 0. The summed E-state index contributed by atoms with van der Waals surface area (Å²) in [7, 11) is 1.21. The number of carbonyl (C=O) groups is 3. The number of nitrogens with zero attached hydrogens (tertiary/aromatic N) is 3. The second-order valence-corrected chi connectivity index (χ2v) is 7.02. The molecule has 0 saturated heterocycles. The molecule has 3 N–H and O–H groups in total. The third-order valence-electron chi connectivity index (χ3n) is 4.13. The van der Waals surface area contributed by atoms with Gasteiger partial charge in [-0.2, -0.15) is 10.2 Å².